The van der Waals surface area contributed by atoms with Gasteiger partial charge in [-0.2, -0.15) is 0 Å². The van der Waals surface area contributed by atoms with Gasteiger partial charge in [0.1, 0.15) is 5.75 Å². The Morgan fingerprint density at radius 3 is 2.24 bits per heavy atom. The zero-order valence-corrected chi connectivity index (χ0v) is 11.2. The first-order chi connectivity index (χ1) is 7.93. The minimum Gasteiger partial charge on any atom is -0.497 e. The van der Waals surface area contributed by atoms with Crippen LogP contribution in [0.2, 0.25) is 0 Å². The maximum atomic E-state index is 12.2. The molecule has 0 aliphatic rings. The molecule has 1 aromatic carbocycles. The molecule has 0 saturated carbocycles. The SMILES string of the molecule is CCC(N)C(C)S(=O)(=O)c1ccc(OC)cc1. The summed E-state index contributed by atoms with van der Waals surface area (Å²) >= 11 is 0. The zero-order chi connectivity index (χ0) is 13.1. The van der Waals surface area contributed by atoms with Crippen molar-refractivity contribution < 1.29 is 13.2 Å². The Bertz CT molecular complexity index is 453. The lowest BCUT2D eigenvalue weighted by molar-refractivity contribution is 0.414. The van der Waals surface area contributed by atoms with Crippen LogP contribution in [0.1, 0.15) is 20.3 Å². The van der Waals surface area contributed by atoms with Gasteiger partial charge in [0.05, 0.1) is 17.3 Å². The molecule has 96 valence electrons. The van der Waals surface area contributed by atoms with Gasteiger partial charge in [0.15, 0.2) is 9.84 Å². The van der Waals surface area contributed by atoms with E-state index in [-0.39, 0.29) is 10.9 Å². The average Bonchev–Trinajstić information content (AvgIpc) is 2.36. The monoisotopic (exact) mass is 257 g/mol. The minimum atomic E-state index is -3.36. The van der Waals surface area contributed by atoms with Crippen LogP contribution in [-0.2, 0) is 9.84 Å². The molecule has 5 heteroatoms. The second kappa shape index (κ2) is 5.51. The average molecular weight is 257 g/mol. The van der Waals surface area contributed by atoms with Crippen molar-refractivity contribution in [3.05, 3.63) is 24.3 Å². The van der Waals surface area contributed by atoms with Crippen molar-refractivity contribution in [2.24, 2.45) is 5.73 Å². The van der Waals surface area contributed by atoms with Crippen LogP contribution in [0.4, 0.5) is 0 Å². The first-order valence-electron chi connectivity index (χ1n) is 5.57. The first-order valence-corrected chi connectivity index (χ1v) is 7.11. The van der Waals surface area contributed by atoms with Crippen LogP contribution < -0.4 is 10.5 Å². The highest BCUT2D eigenvalue weighted by Gasteiger charge is 2.27. The van der Waals surface area contributed by atoms with E-state index >= 15 is 0 Å². The molecule has 0 aliphatic heterocycles. The summed E-state index contributed by atoms with van der Waals surface area (Å²) in [6, 6.07) is 6.02. The molecule has 0 amide bonds. The van der Waals surface area contributed by atoms with Gasteiger partial charge in [0.25, 0.3) is 0 Å². The number of benzene rings is 1. The van der Waals surface area contributed by atoms with E-state index in [2.05, 4.69) is 0 Å². The number of hydrogen-bond acceptors (Lipinski definition) is 4. The Balaban J connectivity index is 3.04. The molecule has 0 aromatic heterocycles. The molecule has 0 fully saturated rings. The molecule has 1 rings (SSSR count). The predicted octanol–water partition coefficient (Wildman–Crippen LogP) is 1.59. The molecule has 0 spiro atoms. The molecule has 1 aromatic rings. The van der Waals surface area contributed by atoms with E-state index < -0.39 is 15.1 Å². The smallest absolute Gasteiger partial charge is 0.182 e. The van der Waals surface area contributed by atoms with Crippen molar-refractivity contribution >= 4 is 9.84 Å². The Kier molecular flexibility index (Phi) is 4.54. The summed E-state index contributed by atoms with van der Waals surface area (Å²) in [4.78, 5) is 0.287. The van der Waals surface area contributed by atoms with Gasteiger partial charge in [-0.1, -0.05) is 6.92 Å². The Labute approximate surface area is 103 Å². The van der Waals surface area contributed by atoms with Crippen molar-refractivity contribution in [1.29, 1.82) is 0 Å². The second-order valence-electron chi connectivity index (χ2n) is 4.00. The van der Waals surface area contributed by atoms with Crippen LogP contribution in [0.25, 0.3) is 0 Å². The lowest BCUT2D eigenvalue weighted by Crippen LogP contribution is -2.37. The first kappa shape index (κ1) is 14.0. The lowest BCUT2D eigenvalue weighted by atomic mass is 10.2. The molecule has 4 nitrogen and oxygen atoms in total. The van der Waals surface area contributed by atoms with Crippen LogP contribution in [0.3, 0.4) is 0 Å². The lowest BCUT2D eigenvalue weighted by Gasteiger charge is -2.18. The molecular weight excluding hydrogens is 238 g/mol. The molecule has 0 heterocycles. The zero-order valence-electron chi connectivity index (χ0n) is 10.4. The Morgan fingerprint density at radius 1 is 1.29 bits per heavy atom. The fraction of sp³-hybridized carbons (Fsp3) is 0.500. The number of rotatable bonds is 5. The summed E-state index contributed by atoms with van der Waals surface area (Å²) in [6.45, 7) is 3.53. The number of nitrogens with two attached hydrogens (primary N) is 1. The summed E-state index contributed by atoms with van der Waals surface area (Å²) in [5.41, 5.74) is 5.79. The minimum absolute atomic E-state index is 0.287. The van der Waals surface area contributed by atoms with Crippen molar-refractivity contribution in [3.8, 4) is 5.75 Å². The van der Waals surface area contributed by atoms with Crippen LogP contribution in [0.5, 0.6) is 5.75 Å². The number of ether oxygens (including phenoxy) is 1. The van der Waals surface area contributed by atoms with Gasteiger partial charge in [-0.15, -0.1) is 0 Å². The highest BCUT2D eigenvalue weighted by Crippen LogP contribution is 2.21. The van der Waals surface area contributed by atoms with Crippen LogP contribution in [-0.4, -0.2) is 26.8 Å². The number of hydrogen-bond donors (Lipinski definition) is 1. The summed E-state index contributed by atoms with van der Waals surface area (Å²) in [7, 11) is -1.82. The Morgan fingerprint density at radius 2 is 1.82 bits per heavy atom. The maximum Gasteiger partial charge on any atom is 0.182 e. The van der Waals surface area contributed by atoms with E-state index in [0.29, 0.717) is 12.2 Å². The Hall–Kier alpha value is -1.07. The highest BCUT2D eigenvalue weighted by molar-refractivity contribution is 7.92. The maximum absolute atomic E-state index is 12.2. The van der Waals surface area contributed by atoms with Gasteiger partial charge in [-0.3, -0.25) is 0 Å². The molecule has 0 saturated heterocycles. The molecule has 2 N–H and O–H groups in total. The molecule has 0 bridgehead atoms. The van der Waals surface area contributed by atoms with Crippen molar-refractivity contribution in [1.82, 2.24) is 0 Å². The topological polar surface area (TPSA) is 69.4 Å². The van der Waals surface area contributed by atoms with Crippen molar-refractivity contribution in [2.45, 2.75) is 36.5 Å². The summed E-state index contributed by atoms with van der Waals surface area (Å²) < 4.78 is 29.4. The van der Waals surface area contributed by atoms with Gasteiger partial charge in [0.2, 0.25) is 0 Å². The standard InChI is InChI=1S/C12H19NO3S/c1-4-12(13)9(2)17(14,15)11-7-5-10(16-3)6-8-11/h5-9,12H,4,13H2,1-3H3. The van der Waals surface area contributed by atoms with Crippen LogP contribution in [0.15, 0.2) is 29.2 Å². The molecule has 17 heavy (non-hydrogen) atoms. The number of sulfone groups is 1. The van der Waals surface area contributed by atoms with E-state index in [0.717, 1.165) is 0 Å². The summed E-state index contributed by atoms with van der Waals surface area (Å²) in [5, 5.41) is -0.583. The van der Waals surface area contributed by atoms with Gasteiger partial charge < -0.3 is 10.5 Å². The molecular formula is C12H19NO3S. The van der Waals surface area contributed by atoms with Crippen LogP contribution in [0, 0.1) is 0 Å². The van der Waals surface area contributed by atoms with E-state index in [1.54, 1.807) is 38.3 Å². The van der Waals surface area contributed by atoms with Crippen molar-refractivity contribution in [3.63, 3.8) is 0 Å². The number of methoxy groups -OCH3 is 1. The van der Waals surface area contributed by atoms with Crippen molar-refractivity contribution in [2.75, 3.05) is 7.11 Å². The fourth-order valence-electron chi connectivity index (χ4n) is 1.54. The fourth-order valence-corrected chi connectivity index (χ4v) is 3.14. The van der Waals surface area contributed by atoms with E-state index in [1.165, 1.54) is 0 Å². The summed E-state index contributed by atoms with van der Waals surface area (Å²) in [6.07, 6.45) is 0.635. The van der Waals surface area contributed by atoms with Gasteiger partial charge >= 0.3 is 0 Å². The van der Waals surface area contributed by atoms with Gasteiger partial charge in [-0.05, 0) is 37.6 Å². The third-order valence-corrected chi connectivity index (χ3v) is 5.21. The molecule has 0 radical (unpaired) electrons. The summed E-state index contributed by atoms with van der Waals surface area (Å²) in [5.74, 6) is 0.636. The molecule has 2 unspecified atom stereocenters. The van der Waals surface area contributed by atoms with E-state index in [4.69, 9.17) is 10.5 Å². The third kappa shape index (κ3) is 2.98. The van der Waals surface area contributed by atoms with Gasteiger partial charge in [-0.25, -0.2) is 8.42 Å². The molecule has 2 atom stereocenters. The second-order valence-corrected chi connectivity index (χ2v) is 6.30. The van der Waals surface area contributed by atoms with E-state index in [9.17, 15) is 8.42 Å². The van der Waals surface area contributed by atoms with Gasteiger partial charge in [0, 0.05) is 6.04 Å². The largest absolute Gasteiger partial charge is 0.497 e. The normalized spacial score (nSPS) is 15.3. The highest BCUT2D eigenvalue weighted by atomic mass is 32.2. The molecule has 0 aliphatic carbocycles. The predicted molar refractivity (Wildman–Crippen MR) is 67.9 cm³/mol. The quantitative estimate of drug-likeness (QED) is 0.869. The third-order valence-electron chi connectivity index (χ3n) is 2.95. The van der Waals surface area contributed by atoms with Crippen LogP contribution >= 0.6 is 0 Å². The van der Waals surface area contributed by atoms with E-state index in [1.807, 2.05) is 6.92 Å².